The number of nitrogens with zero attached hydrogens (tertiary/aromatic N) is 1. The molecule has 156 valence electrons. The average Bonchev–Trinajstić information content (AvgIpc) is 3.33. The Balaban J connectivity index is 1.30. The topological polar surface area (TPSA) is 59.5 Å². The molecule has 5 heteroatoms. The molecular formula is C25H27ClN2O2. The van der Waals surface area contributed by atoms with Crippen LogP contribution in [0.5, 0.6) is 5.75 Å². The number of piperidine rings is 1. The van der Waals surface area contributed by atoms with E-state index in [0.29, 0.717) is 17.6 Å². The number of phenolic OH excluding ortho intramolecular Hbond substituents is 1. The van der Waals surface area contributed by atoms with Crippen LogP contribution in [0.15, 0.2) is 42.5 Å². The lowest BCUT2D eigenvalue weighted by Gasteiger charge is -2.44. The smallest absolute Gasteiger partial charge is 0.115 e. The molecule has 0 spiro atoms. The van der Waals surface area contributed by atoms with E-state index in [4.69, 9.17) is 11.6 Å². The molecule has 0 bridgehead atoms. The summed E-state index contributed by atoms with van der Waals surface area (Å²) in [7, 11) is 0. The molecule has 1 aliphatic heterocycles. The molecule has 30 heavy (non-hydrogen) atoms. The first kappa shape index (κ1) is 18.7. The van der Waals surface area contributed by atoms with Crippen molar-refractivity contribution in [2.24, 2.45) is 17.8 Å². The lowest BCUT2D eigenvalue weighted by Crippen LogP contribution is -2.46. The fraction of sp³-hybridized carbons (Fsp3) is 0.440. The molecule has 0 amide bonds. The summed E-state index contributed by atoms with van der Waals surface area (Å²) >= 11 is 6.29. The summed E-state index contributed by atoms with van der Waals surface area (Å²) in [5, 5.41) is 22.3. The van der Waals surface area contributed by atoms with Crippen molar-refractivity contribution in [2.75, 3.05) is 13.1 Å². The largest absolute Gasteiger partial charge is 0.508 e. The maximum atomic E-state index is 10.2. The second kappa shape index (κ2) is 7.01. The Kier molecular flexibility index (Phi) is 4.38. The van der Waals surface area contributed by atoms with E-state index in [9.17, 15) is 10.2 Å². The van der Waals surface area contributed by atoms with Gasteiger partial charge in [0, 0.05) is 40.1 Å². The van der Waals surface area contributed by atoms with Gasteiger partial charge in [-0.2, -0.15) is 0 Å². The number of aromatic nitrogens is 1. The second-order valence-electron chi connectivity index (χ2n) is 9.49. The number of likely N-dealkylation sites (tertiary alicyclic amines) is 1. The summed E-state index contributed by atoms with van der Waals surface area (Å²) in [5.74, 6) is 1.89. The van der Waals surface area contributed by atoms with Crippen LogP contribution in [0, 0.1) is 17.8 Å². The summed E-state index contributed by atoms with van der Waals surface area (Å²) in [6.45, 7) is 2.09. The van der Waals surface area contributed by atoms with Crippen molar-refractivity contribution in [1.82, 2.24) is 9.88 Å². The van der Waals surface area contributed by atoms with E-state index in [1.54, 1.807) is 6.07 Å². The van der Waals surface area contributed by atoms with E-state index in [0.717, 1.165) is 42.9 Å². The minimum atomic E-state index is -0.219. The number of H-pyrrole nitrogens is 1. The lowest BCUT2D eigenvalue weighted by atomic mass is 9.73. The Hall–Kier alpha value is -2.01. The van der Waals surface area contributed by atoms with Crippen molar-refractivity contribution in [1.29, 1.82) is 0 Å². The molecule has 3 aromatic rings. The Morgan fingerprint density at radius 1 is 1.10 bits per heavy atom. The number of phenols is 1. The number of aliphatic hydroxyl groups excluding tert-OH is 1. The fourth-order valence-electron chi connectivity index (χ4n) is 6.05. The predicted octanol–water partition coefficient (Wildman–Crippen LogP) is 4.69. The van der Waals surface area contributed by atoms with Gasteiger partial charge in [-0.05, 0) is 85.5 Å². The third-order valence-corrected chi connectivity index (χ3v) is 7.86. The van der Waals surface area contributed by atoms with Crippen LogP contribution in [0.4, 0.5) is 0 Å². The second-order valence-corrected chi connectivity index (χ2v) is 9.93. The lowest BCUT2D eigenvalue weighted by molar-refractivity contribution is 0.0583. The molecule has 1 saturated carbocycles. The molecular weight excluding hydrogens is 396 g/mol. The number of aliphatic hydroxyl groups is 1. The zero-order valence-electron chi connectivity index (χ0n) is 16.9. The summed E-state index contributed by atoms with van der Waals surface area (Å²) in [4.78, 5) is 6.22. The summed E-state index contributed by atoms with van der Waals surface area (Å²) in [6, 6.07) is 14.0. The number of aromatic amines is 1. The normalized spacial score (nSPS) is 29.4. The van der Waals surface area contributed by atoms with Crippen LogP contribution in [0.2, 0.25) is 5.02 Å². The molecule has 3 N–H and O–H groups in total. The van der Waals surface area contributed by atoms with Gasteiger partial charge in [0.05, 0.1) is 6.10 Å². The minimum absolute atomic E-state index is 0.187. The van der Waals surface area contributed by atoms with Crippen LogP contribution < -0.4 is 0 Å². The summed E-state index contributed by atoms with van der Waals surface area (Å²) in [5.41, 5.74) is 5.16. The first-order valence-corrected chi connectivity index (χ1v) is 11.4. The summed E-state index contributed by atoms with van der Waals surface area (Å²) < 4.78 is 0. The SMILES string of the molecule is Oc1cccc(C(C2CC2O)N2CCC3Cc4[nH]c5ccc(Cl)cc5c4CC3C2)c1. The molecule has 1 aromatic heterocycles. The standard InChI is InChI=1S/C25H27ClN2O2/c26-17-4-5-22-20(11-17)19-9-16-13-28(7-6-14(16)10-23(19)27-22)25(21-12-24(21)30)15-2-1-3-18(29)8-15/h1-5,8,11,14,16,21,24-25,27,29-30H,6-7,9-10,12-13H2. The van der Waals surface area contributed by atoms with Crippen LogP contribution >= 0.6 is 11.6 Å². The highest BCUT2D eigenvalue weighted by atomic mass is 35.5. The maximum Gasteiger partial charge on any atom is 0.115 e. The Morgan fingerprint density at radius 2 is 1.97 bits per heavy atom. The molecule has 2 aromatic carbocycles. The minimum Gasteiger partial charge on any atom is -0.508 e. The van der Waals surface area contributed by atoms with Crippen LogP contribution in [-0.2, 0) is 12.8 Å². The number of nitrogens with one attached hydrogen (secondary N) is 1. The van der Waals surface area contributed by atoms with Crippen LogP contribution in [0.25, 0.3) is 10.9 Å². The van der Waals surface area contributed by atoms with Gasteiger partial charge in [-0.15, -0.1) is 0 Å². The van der Waals surface area contributed by atoms with E-state index in [2.05, 4.69) is 28.1 Å². The van der Waals surface area contributed by atoms with E-state index in [1.165, 1.54) is 28.6 Å². The van der Waals surface area contributed by atoms with Gasteiger partial charge in [0.25, 0.3) is 0 Å². The van der Waals surface area contributed by atoms with E-state index in [1.807, 2.05) is 18.2 Å². The number of hydrogen-bond acceptors (Lipinski definition) is 3. The van der Waals surface area contributed by atoms with Gasteiger partial charge < -0.3 is 15.2 Å². The number of hydrogen-bond donors (Lipinski definition) is 3. The maximum absolute atomic E-state index is 10.2. The first-order chi connectivity index (χ1) is 14.6. The monoisotopic (exact) mass is 422 g/mol. The Bertz CT molecular complexity index is 1110. The van der Waals surface area contributed by atoms with Crippen LogP contribution in [0.3, 0.4) is 0 Å². The van der Waals surface area contributed by atoms with E-state index < -0.39 is 0 Å². The van der Waals surface area contributed by atoms with Crippen molar-refractivity contribution < 1.29 is 10.2 Å². The van der Waals surface area contributed by atoms with Gasteiger partial charge in [-0.25, -0.2) is 0 Å². The van der Waals surface area contributed by atoms with Gasteiger partial charge in [-0.3, -0.25) is 4.90 Å². The molecule has 5 atom stereocenters. The number of aromatic hydroxyl groups is 1. The highest BCUT2D eigenvalue weighted by Crippen LogP contribution is 2.48. The average molecular weight is 423 g/mol. The van der Waals surface area contributed by atoms with Crippen molar-refractivity contribution >= 4 is 22.5 Å². The molecule has 2 aliphatic carbocycles. The van der Waals surface area contributed by atoms with Crippen molar-refractivity contribution in [3.8, 4) is 5.75 Å². The highest BCUT2D eigenvalue weighted by Gasteiger charge is 2.47. The molecule has 1 saturated heterocycles. The van der Waals surface area contributed by atoms with E-state index in [-0.39, 0.29) is 18.1 Å². The van der Waals surface area contributed by atoms with Gasteiger partial charge >= 0.3 is 0 Å². The third kappa shape index (κ3) is 3.13. The van der Waals surface area contributed by atoms with Crippen molar-refractivity contribution in [2.45, 2.75) is 37.8 Å². The van der Waals surface area contributed by atoms with Crippen molar-refractivity contribution in [3.05, 3.63) is 64.3 Å². The molecule has 6 rings (SSSR count). The number of benzene rings is 2. The number of fused-ring (bicyclic) bond motifs is 4. The molecule has 5 unspecified atom stereocenters. The zero-order valence-corrected chi connectivity index (χ0v) is 17.6. The van der Waals surface area contributed by atoms with Gasteiger partial charge in [0.15, 0.2) is 0 Å². The quantitative estimate of drug-likeness (QED) is 0.574. The van der Waals surface area contributed by atoms with Gasteiger partial charge in [0.2, 0.25) is 0 Å². The van der Waals surface area contributed by atoms with Crippen LogP contribution in [0.1, 0.15) is 35.7 Å². The third-order valence-electron chi connectivity index (χ3n) is 7.63. The van der Waals surface area contributed by atoms with Crippen molar-refractivity contribution in [3.63, 3.8) is 0 Å². The first-order valence-electron chi connectivity index (χ1n) is 11.1. The van der Waals surface area contributed by atoms with Gasteiger partial charge in [0.1, 0.15) is 5.75 Å². The molecule has 4 nitrogen and oxygen atoms in total. The van der Waals surface area contributed by atoms with E-state index >= 15 is 0 Å². The predicted molar refractivity (Wildman–Crippen MR) is 119 cm³/mol. The number of halogens is 1. The molecule has 3 aliphatic rings. The Morgan fingerprint density at radius 3 is 2.77 bits per heavy atom. The molecule has 2 fully saturated rings. The highest BCUT2D eigenvalue weighted by molar-refractivity contribution is 6.31. The number of rotatable bonds is 3. The van der Waals surface area contributed by atoms with Crippen LogP contribution in [-0.4, -0.2) is 39.3 Å². The Labute approximate surface area is 181 Å². The molecule has 0 radical (unpaired) electrons. The molecule has 2 heterocycles. The van der Waals surface area contributed by atoms with Gasteiger partial charge in [-0.1, -0.05) is 23.7 Å². The summed E-state index contributed by atoms with van der Waals surface area (Å²) in [6.07, 6.45) is 4.01. The fourth-order valence-corrected chi connectivity index (χ4v) is 6.22. The zero-order chi connectivity index (χ0) is 20.4.